The molecule has 0 aliphatic heterocycles. The zero-order chi connectivity index (χ0) is 7.86. The molecule has 0 aliphatic carbocycles. The van der Waals surface area contributed by atoms with Crippen LogP contribution < -0.4 is 0 Å². The van der Waals surface area contributed by atoms with Gasteiger partial charge in [-0.25, -0.2) is 0 Å². The third kappa shape index (κ3) is 59.7. The molecule has 0 aliphatic rings. The fraction of sp³-hybridized carbons (Fsp3) is 0.500. The smallest absolute Gasteiger partial charge is 0.236 e. The number of carbonyl (C=O) groups is 2. The van der Waals surface area contributed by atoms with Crippen LogP contribution in [0.15, 0.2) is 0 Å². The van der Waals surface area contributed by atoms with Crippen LogP contribution in [0.3, 0.4) is 0 Å². The lowest BCUT2D eigenvalue weighted by molar-refractivity contribution is -0.110. The van der Waals surface area contributed by atoms with E-state index in [0.717, 1.165) is 0 Å². The van der Waals surface area contributed by atoms with E-state index in [1.54, 1.807) is 0 Å². The quantitative estimate of drug-likeness (QED) is 0.514. The summed E-state index contributed by atoms with van der Waals surface area (Å²) in [5.41, 5.74) is 0. The average Bonchev–Trinajstić information content (AvgIpc) is 1.65. The summed E-state index contributed by atoms with van der Waals surface area (Å²) in [5.74, 6) is -0.0957. The monoisotopic (exact) mass is 234 g/mol. The van der Waals surface area contributed by atoms with Crippen molar-refractivity contribution in [1.29, 1.82) is 0 Å². The van der Waals surface area contributed by atoms with Gasteiger partial charge < -0.3 is 0 Å². The molecule has 9 heavy (non-hydrogen) atoms. The van der Waals surface area contributed by atoms with Crippen molar-refractivity contribution in [3.8, 4) is 0 Å². The molecule has 2 nitrogen and oxygen atoms in total. The van der Waals surface area contributed by atoms with E-state index in [9.17, 15) is 9.59 Å². The van der Waals surface area contributed by atoms with Crippen LogP contribution in [0, 0.1) is 0 Å². The van der Waals surface area contributed by atoms with Crippen molar-refractivity contribution in [2.45, 2.75) is 6.92 Å². The molecule has 0 saturated heterocycles. The molecule has 0 rings (SSSR count). The molecule has 0 unspecified atom stereocenters. The first kappa shape index (κ1) is 12.1. The molecule has 0 atom stereocenters. The van der Waals surface area contributed by atoms with Gasteiger partial charge in [-0.2, -0.15) is 0 Å². The first-order chi connectivity index (χ1) is 4.00. The minimum absolute atomic E-state index is 0.0208. The molecule has 0 N–H and O–H groups in total. The number of hydrogen-bond acceptors (Lipinski definition) is 2. The first-order valence-electron chi connectivity index (χ1n) is 1.91. The third-order valence-electron chi connectivity index (χ3n) is 0.105. The van der Waals surface area contributed by atoms with Gasteiger partial charge in [0.25, 0.3) is 0 Å². The molecule has 0 aromatic rings. The normalized spacial score (nSPS) is 7.11. The summed E-state index contributed by atoms with van der Waals surface area (Å²) in [5, 5.41) is -0.508. The van der Waals surface area contributed by atoms with E-state index in [1.807, 2.05) is 0 Å². The molecule has 0 radical (unpaired) electrons. The highest BCUT2D eigenvalue weighted by Crippen LogP contribution is 1.80. The van der Waals surface area contributed by atoms with Crippen LogP contribution in [0.25, 0.3) is 0 Å². The summed E-state index contributed by atoms with van der Waals surface area (Å²) in [7, 11) is 0. The number of alkyl halides is 1. The number of halogens is 3. The summed E-state index contributed by atoms with van der Waals surface area (Å²) in [6.45, 7) is 1.44. The lowest BCUT2D eigenvalue weighted by Crippen LogP contribution is -1.81. The topological polar surface area (TPSA) is 34.1 Å². The lowest BCUT2D eigenvalue weighted by atomic mass is 10.9. The molecule has 0 amide bonds. The van der Waals surface area contributed by atoms with Crippen molar-refractivity contribution in [3.63, 3.8) is 0 Å². The molecular formula is C4H5BrCl2O2. The van der Waals surface area contributed by atoms with Gasteiger partial charge in [-0.15, -0.1) is 11.6 Å². The van der Waals surface area contributed by atoms with Crippen molar-refractivity contribution in [2.24, 2.45) is 0 Å². The van der Waals surface area contributed by atoms with E-state index < -0.39 is 5.24 Å². The SMILES string of the molecule is CC(=O)Br.O=C(Cl)CCl. The Hall–Kier alpha value is 0.400. The molecule has 0 bridgehead atoms. The second-order valence-electron chi connectivity index (χ2n) is 0.959. The van der Waals surface area contributed by atoms with E-state index in [-0.39, 0.29) is 10.6 Å². The van der Waals surface area contributed by atoms with Crippen molar-refractivity contribution in [2.75, 3.05) is 5.88 Å². The summed E-state index contributed by atoms with van der Waals surface area (Å²) < 4.78 is -0.0208. The second kappa shape index (κ2) is 8.40. The maximum absolute atomic E-state index is 9.45. The zero-order valence-corrected chi connectivity index (χ0v) is 7.76. The van der Waals surface area contributed by atoms with Gasteiger partial charge in [0.1, 0.15) is 0 Å². The Morgan fingerprint density at radius 3 is 1.67 bits per heavy atom. The number of hydrogen-bond donors (Lipinski definition) is 0. The molecule has 54 valence electrons. The second-order valence-corrected chi connectivity index (χ2v) is 2.76. The maximum atomic E-state index is 9.45. The standard InChI is InChI=1S/C2H3BrO.C2H2Cl2O/c1-2(3)4;3-1-2(4)5/h1H3;1H2. The third-order valence-corrected chi connectivity index (χ3v) is 0.618. The fourth-order valence-electron chi connectivity index (χ4n) is 0. The van der Waals surface area contributed by atoms with Crippen LogP contribution in [0.2, 0.25) is 0 Å². The molecular weight excluding hydrogens is 231 g/mol. The van der Waals surface area contributed by atoms with E-state index in [2.05, 4.69) is 15.9 Å². The fourth-order valence-corrected chi connectivity index (χ4v) is 0. The number of carbonyl (C=O) groups excluding carboxylic acids is 2. The van der Waals surface area contributed by atoms with Gasteiger partial charge in [-0.05, 0) is 27.5 Å². The lowest BCUT2D eigenvalue weighted by Gasteiger charge is -1.65. The molecule has 5 heteroatoms. The first-order valence-corrected chi connectivity index (χ1v) is 3.61. The van der Waals surface area contributed by atoms with Crippen molar-refractivity contribution >= 4 is 49.1 Å². The Kier molecular flexibility index (Phi) is 11.3. The van der Waals surface area contributed by atoms with Gasteiger partial charge in [0.15, 0.2) is 4.69 Å². The van der Waals surface area contributed by atoms with E-state index in [1.165, 1.54) is 6.92 Å². The van der Waals surface area contributed by atoms with Crippen molar-refractivity contribution in [1.82, 2.24) is 0 Å². The van der Waals surface area contributed by atoms with Gasteiger partial charge >= 0.3 is 0 Å². The Labute approximate surface area is 71.6 Å². The molecule has 0 fully saturated rings. The highest BCUT2D eigenvalue weighted by molar-refractivity contribution is 9.18. The zero-order valence-electron chi connectivity index (χ0n) is 4.66. The largest absolute Gasteiger partial charge is 0.287 e. The number of rotatable bonds is 1. The summed E-state index contributed by atoms with van der Waals surface area (Å²) in [4.78, 5) is 18.8. The molecule has 0 saturated carbocycles. The molecule has 0 spiro atoms. The van der Waals surface area contributed by atoms with Gasteiger partial charge in [0.05, 0.1) is 5.88 Å². The van der Waals surface area contributed by atoms with Crippen LogP contribution in [0.5, 0.6) is 0 Å². The minimum Gasteiger partial charge on any atom is -0.287 e. The van der Waals surface area contributed by atoms with Crippen LogP contribution in [0.1, 0.15) is 6.92 Å². The summed E-state index contributed by atoms with van der Waals surface area (Å²) >= 11 is 12.2. The van der Waals surface area contributed by atoms with Gasteiger partial charge in [-0.1, -0.05) is 0 Å². The minimum atomic E-state index is -0.508. The highest BCUT2D eigenvalue weighted by atomic mass is 79.9. The van der Waals surface area contributed by atoms with Crippen LogP contribution in [-0.4, -0.2) is 15.8 Å². The Balaban J connectivity index is 0. The average molecular weight is 236 g/mol. The van der Waals surface area contributed by atoms with Crippen molar-refractivity contribution in [3.05, 3.63) is 0 Å². The van der Waals surface area contributed by atoms with Gasteiger partial charge in [-0.3, -0.25) is 9.59 Å². The van der Waals surface area contributed by atoms with Crippen LogP contribution >= 0.6 is 39.1 Å². The van der Waals surface area contributed by atoms with Crippen molar-refractivity contribution < 1.29 is 9.59 Å². The molecule has 0 aromatic carbocycles. The maximum Gasteiger partial charge on any atom is 0.236 e. The predicted octanol–water partition coefficient (Wildman–Crippen LogP) is 1.92. The van der Waals surface area contributed by atoms with Gasteiger partial charge in [0.2, 0.25) is 5.24 Å². The molecule has 0 heterocycles. The molecule has 0 aromatic heterocycles. The van der Waals surface area contributed by atoms with Crippen LogP contribution in [0.4, 0.5) is 0 Å². The summed E-state index contributed by atoms with van der Waals surface area (Å²) in [6.07, 6.45) is 0. The Morgan fingerprint density at radius 2 is 1.67 bits per heavy atom. The summed E-state index contributed by atoms with van der Waals surface area (Å²) in [6, 6.07) is 0. The Bertz CT molecular complexity index is 101. The highest BCUT2D eigenvalue weighted by Gasteiger charge is 1.83. The van der Waals surface area contributed by atoms with Gasteiger partial charge in [0, 0.05) is 6.92 Å². The van der Waals surface area contributed by atoms with E-state index >= 15 is 0 Å². The van der Waals surface area contributed by atoms with E-state index in [4.69, 9.17) is 23.2 Å². The predicted molar refractivity (Wildman–Crippen MR) is 41.2 cm³/mol. The Morgan fingerprint density at radius 1 is 1.56 bits per heavy atom. The van der Waals surface area contributed by atoms with Crippen LogP contribution in [-0.2, 0) is 9.59 Å². The van der Waals surface area contributed by atoms with E-state index in [0.29, 0.717) is 0 Å².